The highest BCUT2D eigenvalue weighted by molar-refractivity contribution is 9.10. The minimum Gasteiger partial charge on any atom is -0.450 e. The quantitative estimate of drug-likeness (QED) is 0.862. The van der Waals surface area contributed by atoms with Gasteiger partial charge in [0.15, 0.2) is 0 Å². The lowest BCUT2D eigenvalue weighted by atomic mass is 9.89. The van der Waals surface area contributed by atoms with E-state index in [0.29, 0.717) is 18.6 Å². The smallest absolute Gasteiger partial charge is 0.409 e. The van der Waals surface area contributed by atoms with Gasteiger partial charge in [0.25, 0.3) is 0 Å². The monoisotopic (exact) mass is 324 g/mol. The van der Waals surface area contributed by atoms with Crippen molar-refractivity contribution in [1.29, 1.82) is 0 Å². The Morgan fingerprint density at radius 3 is 3.21 bits per heavy atom. The third-order valence-corrected chi connectivity index (χ3v) is 4.57. The molecule has 1 saturated heterocycles. The number of ether oxygens (including phenoxy) is 1. The fourth-order valence-corrected chi connectivity index (χ4v) is 3.50. The number of carbonyl (C=O) groups excluding carboxylic acids is 1. The van der Waals surface area contributed by atoms with Gasteiger partial charge < -0.3 is 15.0 Å². The number of carbonyl (C=O) groups is 1. The first kappa shape index (κ1) is 12.8. The normalized spacial score (nSPS) is 24.4. The molecule has 1 N–H and O–H groups in total. The molecule has 1 aromatic carbocycles. The second kappa shape index (κ2) is 5.04. The second-order valence-corrected chi connectivity index (χ2v) is 5.85. The minimum atomic E-state index is -0.190. The van der Waals surface area contributed by atoms with Crippen molar-refractivity contribution in [2.24, 2.45) is 0 Å². The Hall–Kier alpha value is -1.23. The van der Waals surface area contributed by atoms with Crippen molar-refractivity contribution >= 4 is 27.7 Å². The van der Waals surface area contributed by atoms with Gasteiger partial charge in [0.1, 0.15) is 0 Å². The lowest BCUT2D eigenvalue weighted by Crippen LogP contribution is -2.45. The number of hydrogen-bond acceptors (Lipinski definition) is 3. The number of nitrogens with one attached hydrogen (secondary N) is 1. The number of para-hydroxylation sites is 1. The molecule has 3 rings (SSSR count). The zero-order valence-electron chi connectivity index (χ0n) is 10.9. The van der Waals surface area contributed by atoms with Crippen LogP contribution in [0.4, 0.5) is 10.5 Å². The van der Waals surface area contributed by atoms with E-state index in [2.05, 4.69) is 33.4 Å². The molecular formula is C14H17BrN2O2. The largest absolute Gasteiger partial charge is 0.450 e. The van der Waals surface area contributed by atoms with Crippen molar-refractivity contribution in [3.05, 3.63) is 28.2 Å². The van der Waals surface area contributed by atoms with Gasteiger partial charge in [0.05, 0.1) is 12.3 Å². The van der Waals surface area contributed by atoms with Crippen molar-refractivity contribution in [2.45, 2.75) is 25.3 Å². The number of fused-ring (bicyclic) bond motifs is 3. The molecule has 2 heterocycles. The summed E-state index contributed by atoms with van der Waals surface area (Å²) in [6.07, 6.45) is 0.773. The number of likely N-dealkylation sites (tertiary alicyclic amines) is 1. The minimum absolute atomic E-state index is 0.190. The van der Waals surface area contributed by atoms with Crippen molar-refractivity contribution in [1.82, 2.24) is 4.90 Å². The molecule has 4 nitrogen and oxygen atoms in total. The van der Waals surface area contributed by atoms with E-state index in [1.54, 1.807) is 0 Å². The molecule has 0 bridgehead atoms. The van der Waals surface area contributed by atoms with Crippen LogP contribution >= 0.6 is 15.9 Å². The summed E-state index contributed by atoms with van der Waals surface area (Å²) >= 11 is 3.58. The number of nitrogens with zero attached hydrogens (tertiary/aromatic N) is 1. The van der Waals surface area contributed by atoms with Crippen LogP contribution in [0.25, 0.3) is 0 Å². The Bertz CT molecular complexity index is 506. The molecule has 0 saturated carbocycles. The van der Waals surface area contributed by atoms with Gasteiger partial charge in [-0.05, 0) is 40.9 Å². The predicted molar refractivity (Wildman–Crippen MR) is 77.5 cm³/mol. The molecular weight excluding hydrogens is 308 g/mol. The van der Waals surface area contributed by atoms with E-state index in [1.807, 2.05) is 17.9 Å². The van der Waals surface area contributed by atoms with E-state index in [-0.39, 0.29) is 6.09 Å². The summed E-state index contributed by atoms with van der Waals surface area (Å²) in [4.78, 5) is 13.7. The van der Waals surface area contributed by atoms with Crippen molar-refractivity contribution in [2.75, 3.05) is 25.0 Å². The van der Waals surface area contributed by atoms with Crippen molar-refractivity contribution in [3.8, 4) is 0 Å². The molecule has 0 spiro atoms. The molecule has 0 radical (unpaired) electrons. The molecule has 1 fully saturated rings. The summed E-state index contributed by atoms with van der Waals surface area (Å²) in [5.41, 5.74) is 2.48. The number of piperidine rings is 1. The summed E-state index contributed by atoms with van der Waals surface area (Å²) in [5.74, 6) is 0.366. The SMILES string of the molecule is CCOC(=O)N1CC[C@H]2Nc3c(Br)cccc3[C@@H]2C1. The molecule has 5 heteroatoms. The maximum Gasteiger partial charge on any atom is 0.409 e. The third kappa shape index (κ3) is 2.20. The van der Waals surface area contributed by atoms with Crippen molar-refractivity contribution < 1.29 is 9.53 Å². The number of amides is 1. The predicted octanol–water partition coefficient (Wildman–Crippen LogP) is 3.19. The number of hydrogen-bond donors (Lipinski definition) is 1. The summed E-state index contributed by atoms with van der Waals surface area (Å²) in [5, 5.41) is 3.57. The van der Waals surface area contributed by atoms with Gasteiger partial charge >= 0.3 is 6.09 Å². The molecule has 0 aliphatic carbocycles. The first-order valence-corrected chi connectivity index (χ1v) is 7.46. The summed E-state index contributed by atoms with van der Waals surface area (Å²) in [7, 11) is 0. The maximum atomic E-state index is 11.8. The Labute approximate surface area is 121 Å². The average molecular weight is 325 g/mol. The number of rotatable bonds is 1. The van der Waals surface area contributed by atoms with E-state index in [4.69, 9.17) is 4.74 Å². The Balaban J connectivity index is 1.81. The van der Waals surface area contributed by atoms with E-state index in [0.717, 1.165) is 24.0 Å². The van der Waals surface area contributed by atoms with Gasteiger partial charge in [0, 0.05) is 29.5 Å². The highest BCUT2D eigenvalue weighted by Crippen LogP contribution is 2.43. The van der Waals surface area contributed by atoms with Crippen LogP contribution in [0.3, 0.4) is 0 Å². The zero-order valence-corrected chi connectivity index (χ0v) is 12.4. The van der Waals surface area contributed by atoms with Gasteiger partial charge in [-0.1, -0.05) is 12.1 Å². The van der Waals surface area contributed by atoms with E-state index in [9.17, 15) is 4.79 Å². The third-order valence-electron chi connectivity index (χ3n) is 3.91. The van der Waals surface area contributed by atoms with Crippen LogP contribution in [0.1, 0.15) is 24.8 Å². The Morgan fingerprint density at radius 1 is 1.58 bits per heavy atom. The van der Waals surface area contributed by atoms with E-state index >= 15 is 0 Å². The van der Waals surface area contributed by atoms with Crippen LogP contribution in [0.15, 0.2) is 22.7 Å². The maximum absolute atomic E-state index is 11.8. The first-order chi connectivity index (χ1) is 9.20. The van der Waals surface area contributed by atoms with Gasteiger partial charge in [-0.3, -0.25) is 0 Å². The summed E-state index contributed by atoms with van der Waals surface area (Å²) < 4.78 is 6.20. The highest BCUT2D eigenvalue weighted by atomic mass is 79.9. The Kier molecular flexibility index (Phi) is 3.39. The lowest BCUT2D eigenvalue weighted by molar-refractivity contribution is 0.0949. The fraction of sp³-hybridized carbons (Fsp3) is 0.500. The Morgan fingerprint density at radius 2 is 2.42 bits per heavy atom. The summed E-state index contributed by atoms with van der Waals surface area (Å²) in [6.45, 7) is 3.77. The summed E-state index contributed by atoms with van der Waals surface area (Å²) in [6, 6.07) is 6.67. The molecule has 2 aliphatic heterocycles. The van der Waals surface area contributed by atoms with Gasteiger partial charge in [0.2, 0.25) is 0 Å². The number of benzene rings is 1. The van der Waals surface area contributed by atoms with Crippen molar-refractivity contribution in [3.63, 3.8) is 0 Å². The molecule has 1 aromatic rings. The van der Waals surface area contributed by atoms with E-state index in [1.165, 1.54) is 11.3 Å². The standard InChI is InChI=1S/C14H17BrN2O2/c1-2-19-14(18)17-7-6-12-10(8-17)9-4-3-5-11(15)13(9)16-12/h3-5,10,12,16H,2,6-8H2,1H3/t10-,12+/m0/s1. The molecule has 19 heavy (non-hydrogen) atoms. The lowest BCUT2D eigenvalue weighted by Gasteiger charge is -2.34. The van der Waals surface area contributed by atoms with Gasteiger partial charge in [-0.25, -0.2) is 4.79 Å². The van der Waals surface area contributed by atoms with Crippen LogP contribution in [0.5, 0.6) is 0 Å². The fourth-order valence-electron chi connectivity index (χ4n) is 3.01. The number of halogens is 1. The van der Waals surface area contributed by atoms with Crippen LogP contribution in [-0.4, -0.2) is 36.7 Å². The molecule has 2 aliphatic rings. The zero-order chi connectivity index (χ0) is 13.4. The van der Waals surface area contributed by atoms with Crippen LogP contribution in [-0.2, 0) is 4.74 Å². The van der Waals surface area contributed by atoms with Gasteiger partial charge in [-0.15, -0.1) is 0 Å². The van der Waals surface area contributed by atoms with Crippen LogP contribution in [0.2, 0.25) is 0 Å². The van der Waals surface area contributed by atoms with E-state index < -0.39 is 0 Å². The highest BCUT2D eigenvalue weighted by Gasteiger charge is 2.39. The molecule has 2 atom stereocenters. The second-order valence-electron chi connectivity index (χ2n) is 4.99. The number of anilines is 1. The molecule has 102 valence electrons. The van der Waals surface area contributed by atoms with Gasteiger partial charge in [-0.2, -0.15) is 0 Å². The average Bonchev–Trinajstić information content (AvgIpc) is 2.78. The molecule has 1 amide bonds. The van der Waals surface area contributed by atoms with Crippen LogP contribution in [0, 0.1) is 0 Å². The molecule has 0 unspecified atom stereocenters. The topological polar surface area (TPSA) is 41.6 Å². The van der Waals surface area contributed by atoms with Crippen LogP contribution < -0.4 is 5.32 Å². The first-order valence-electron chi connectivity index (χ1n) is 6.67. The molecule has 0 aromatic heterocycles.